The van der Waals surface area contributed by atoms with Crippen molar-refractivity contribution in [3.8, 4) is 0 Å². The first-order valence-corrected chi connectivity index (χ1v) is 8.23. The first-order valence-electron chi connectivity index (χ1n) is 6.75. The molecule has 2 rings (SSSR count). The Morgan fingerprint density at radius 1 is 1.08 bits per heavy atom. The monoisotopic (exact) mass is 464 g/mol. The Labute approximate surface area is 157 Å². The Morgan fingerprint density at radius 3 is 2.42 bits per heavy atom. The highest BCUT2D eigenvalue weighted by atomic mass is 127. The molecule has 5 N–H and O–H groups in total. The number of nitrogens with one attached hydrogen (secondary N) is 1. The van der Waals surface area contributed by atoms with E-state index in [1.165, 1.54) is 30.3 Å². The minimum Gasteiger partial charge on any atom is -0.370 e. The first-order chi connectivity index (χ1) is 10.9. The largest absolute Gasteiger partial charge is 0.370 e. The van der Waals surface area contributed by atoms with Gasteiger partial charge in [0.2, 0.25) is 10.0 Å². The molecular weight excluding hydrogens is 446 g/mol. The van der Waals surface area contributed by atoms with E-state index < -0.39 is 15.8 Å². The predicted octanol–water partition coefficient (Wildman–Crippen LogP) is 1.70. The quantitative estimate of drug-likeness (QED) is 0.343. The van der Waals surface area contributed by atoms with Gasteiger partial charge >= 0.3 is 0 Å². The van der Waals surface area contributed by atoms with E-state index in [1.54, 1.807) is 18.2 Å². The standard InChI is InChI=1S/C15H17FN4O2S.HI/c16-13-5-1-3-11(7-13)10-20-23(21,22)14-6-2-4-12(8-14)9-19-15(17)18;/h1-8,20H,9-10H2,(H4,17,18,19);1H. The van der Waals surface area contributed by atoms with Crippen molar-refractivity contribution in [3.05, 3.63) is 65.5 Å². The van der Waals surface area contributed by atoms with E-state index in [4.69, 9.17) is 11.5 Å². The third kappa shape index (κ3) is 6.06. The van der Waals surface area contributed by atoms with Crippen LogP contribution in [-0.4, -0.2) is 14.4 Å². The average molecular weight is 464 g/mol. The summed E-state index contributed by atoms with van der Waals surface area (Å²) in [6, 6.07) is 12.0. The Hall–Kier alpha value is -1.72. The van der Waals surface area contributed by atoms with Crippen molar-refractivity contribution < 1.29 is 12.8 Å². The van der Waals surface area contributed by atoms with Crippen molar-refractivity contribution in [1.82, 2.24) is 4.72 Å². The van der Waals surface area contributed by atoms with E-state index in [9.17, 15) is 12.8 Å². The van der Waals surface area contributed by atoms with Crippen LogP contribution in [0.1, 0.15) is 11.1 Å². The second kappa shape index (κ2) is 8.94. The van der Waals surface area contributed by atoms with Gasteiger partial charge in [0.1, 0.15) is 5.82 Å². The molecule has 0 radical (unpaired) electrons. The molecule has 0 saturated heterocycles. The molecule has 0 saturated carbocycles. The molecule has 24 heavy (non-hydrogen) atoms. The maximum atomic E-state index is 13.1. The molecule has 0 heterocycles. The van der Waals surface area contributed by atoms with E-state index in [2.05, 4.69) is 9.71 Å². The zero-order valence-corrected chi connectivity index (χ0v) is 15.8. The first kappa shape index (κ1) is 20.3. The molecule has 0 aliphatic rings. The van der Waals surface area contributed by atoms with Gasteiger partial charge < -0.3 is 11.5 Å². The number of guanidine groups is 1. The van der Waals surface area contributed by atoms with Gasteiger partial charge in [-0.2, -0.15) is 0 Å². The summed E-state index contributed by atoms with van der Waals surface area (Å²) in [6.45, 7) is 0.188. The highest BCUT2D eigenvalue weighted by molar-refractivity contribution is 14.0. The lowest BCUT2D eigenvalue weighted by atomic mass is 10.2. The van der Waals surface area contributed by atoms with E-state index in [1.807, 2.05) is 0 Å². The molecule has 6 nitrogen and oxygen atoms in total. The van der Waals surface area contributed by atoms with Crippen LogP contribution in [0.3, 0.4) is 0 Å². The number of benzene rings is 2. The summed E-state index contributed by atoms with van der Waals surface area (Å²) in [4.78, 5) is 3.93. The molecule has 0 amide bonds. The fourth-order valence-corrected chi connectivity index (χ4v) is 2.99. The van der Waals surface area contributed by atoms with Crippen molar-refractivity contribution >= 4 is 40.0 Å². The van der Waals surface area contributed by atoms with Crippen molar-refractivity contribution in [2.24, 2.45) is 16.5 Å². The van der Waals surface area contributed by atoms with Gasteiger partial charge in [0, 0.05) is 6.54 Å². The van der Waals surface area contributed by atoms with Gasteiger partial charge in [-0.05, 0) is 35.4 Å². The molecule has 9 heteroatoms. The summed E-state index contributed by atoms with van der Waals surface area (Å²) in [5.41, 5.74) is 11.7. The highest BCUT2D eigenvalue weighted by Gasteiger charge is 2.14. The lowest BCUT2D eigenvalue weighted by Gasteiger charge is -2.08. The Morgan fingerprint density at radius 2 is 1.75 bits per heavy atom. The number of aliphatic imine (C=N–C) groups is 1. The zero-order chi connectivity index (χ0) is 16.9. The number of nitrogens with zero attached hydrogens (tertiary/aromatic N) is 1. The fourth-order valence-electron chi connectivity index (χ4n) is 1.90. The minimum absolute atomic E-state index is 0. The molecule has 0 bridgehead atoms. The summed E-state index contributed by atoms with van der Waals surface area (Å²) >= 11 is 0. The minimum atomic E-state index is -3.72. The number of nitrogens with two attached hydrogens (primary N) is 2. The maximum absolute atomic E-state index is 13.1. The summed E-state index contributed by atoms with van der Waals surface area (Å²) in [5.74, 6) is -0.483. The number of halogens is 2. The smallest absolute Gasteiger partial charge is 0.240 e. The van der Waals surface area contributed by atoms with Crippen LogP contribution in [0.25, 0.3) is 0 Å². The summed E-state index contributed by atoms with van der Waals surface area (Å²) in [6.07, 6.45) is 0. The third-order valence-electron chi connectivity index (χ3n) is 3.01. The Balaban J connectivity index is 0.00000288. The molecule has 130 valence electrons. The topological polar surface area (TPSA) is 111 Å². The number of hydrogen-bond donors (Lipinski definition) is 3. The van der Waals surface area contributed by atoms with Crippen LogP contribution in [0.5, 0.6) is 0 Å². The van der Waals surface area contributed by atoms with Gasteiger partial charge in [-0.1, -0.05) is 24.3 Å². The average Bonchev–Trinajstić information content (AvgIpc) is 2.51. The van der Waals surface area contributed by atoms with Crippen LogP contribution in [-0.2, 0) is 23.1 Å². The summed E-state index contributed by atoms with van der Waals surface area (Å²) in [7, 11) is -3.72. The maximum Gasteiger partial charge on any atom is 0.240 e. The van der Waals surface area contributed by atoms with Crippen LogP contribution in [0.15, 0.2) is 58.4 Å². The molecule has 0 atom stereocenters. The molecule has 2 aromatic carbocycles. The molecule has 0 spiro atoms. The van der Waals surface area contributed by atoms with Gasteiger partial charge in [0.15, 0.2) is 5.96 Å². The van der Waals surface area contributed by atoms with Crippen LogP contribution < -0.4 is 16.2 Å². The second-order valence-corrected chi connectivity index (χ2v) is 6.61. The fraction of sp³-hybridized carbons (Fsp3) is 0.133. The molecule has 0 fully saturated rings. The molecular formula is C15H18FIN4O2S. The lowest BCUT2D eigenvalue weighted by Crippen LogP contribution is -2.23. The predicted molar refractivity (Wildman–Crippen MR) is 102 cm³/mol. The van der Waals surface area contributed by atoms with Crippen LogP contribution in [0, 0.1) is 5.82 Å². The van der Waals surface area contributed by atoms with Gasteiger partial charge in [-0.25, -0.2) is 22.5 Å². The molecule has 0 unspecified atom stereocenters. The molecule has 0 aromatic heterocycles. The Bertz CT molecular complexity index is 824. The van der Waals surface area contributed by atoms with Crippen molar-refractivity contribution in [1.29, 1.82) is 0 Å². The van der Waals surface area contributed by atoms with Crippen LogP contribution in [0.4, 0.5) is 4.39 Å². The molecule has 0 aliphatic heterocycles. The van der Waals surface area contributed by atoms with Crippen molar-refractivity contribution in [2.45, 2.75) is 18.0 Å². The van der Waals surface area contributed by atoms with E-state index in [0.29, 0.717) is 11.1 Å². The lowest BCUT2D eigenvalue weighted by molar-refractivity contribution is 0.580. The SMILES string of the molecule is I.NC(N)=NCc1cccc(S(=O)(=O)NCc2cccc(F)c2)c1. The Kier molecular flexibility index (Phi) is 7.58. The van der Waals surface area contributed by atoms with E-state index >= 15 is 0 Å². The van der Waals surface area contributed by atoms with Crippen LogP contribution in [0.2, 0.25) is 0 Å². The zero-order valence-electron chi connectivity index (χ0n) is 12.6. The number of hydrogen-bond acceptors (Lipinski definition) is 3. The third-order valence-corrected chi connectivity index (χ3v) is 4.41. The van der Waals surface area contributed by atoms with Gasteiger partial charge in [-0.15, -0.1) is 24.0 Å². The normalized spacial score (nSPS) is 10.7. The van der Waals surface area contributed by atoms with Crippen molar-refractivity contribution in [2.75, 3.05) is 0 Å². The molecule has 2 aromatic rings. The molecule has 0 aliphatic carbocycles. The van der Waals surface area contributed by atoms with Crippen LogP contribution >= 0.6 is 24.0 Å². The van der Waals surface area contributed by atoms with Gasteiger partial charge in [-0.3, -0.25) is 0 Å². The second-order valence-electron chi connectivity index (χ2n) is 4.84. The number of rotatable bonds is 6. The number of sulfonamides is 1. The summed E-state index contributed by atoms with van der Waals surface area (Å²) < 4.78 is 40.1. The van der Waals surface area contributed by atoms with Gasteiger partial charge in [0.05, 0.1) is 11.4 Å². The van der Waals surface area contributed by atoms with Gasteiger partial charge in [0.25, 0.3) is 0 Å². The van der Waals surface area contributed by atoms with E-state index in [0.717, 1.165) is 0 Å². The highest BCUT2D eigenvalue weighted by Crippen LogP contribution is 2.13. The van der Waals surface area contributed by atoms with E-state index in [-0.39, 0.29) is 47.9 Å². The van der Waals surface area contributed by atoms with Crippen molar-refractivity contribution in [3.63, 3.8) is 0 Å². The summed E-state index contributed by atoms with van der Waals surface area (Å²) in [5, 5.41) is 0.